The number of benzene rings is 2. The summed E-state index contributed by atoms with van der Waals surface area (Å²) in [7, 11) is -9.01. The van der Waals surface area contributed by atoms with Crippen LogP contribution in [0, 0.1) is 0 Å². The summed E-state index contributed by atoms with van der Waals surface area (Å²) in [5, 5.41) is 6.00. The second kappa shape index (κ2) is 10.3. The highest BCUT2D eigenvalue weighted by molar-refractivity contribution is 7.86. The Labute approximate surface area is 178 Å². The number of anilines is 3. The SMILES string of the molecule is CCCCC(CCC)Nc1ccc(Nc2ccccc2S(=O)(=O)O)cc1S(=O)(=O)O. The van der Waals surface area contributed by atoms with Crippen LogP contribution in [0.15, 0.2) is 52.3 Å². The second-order valence-corrected chi connectivity index (χ2v) is 9.83. The Morgan fingerprint density at radius 3 is 2.10 bits per heavy atom. The lowest BCUT2D eigenvalue weighted by atomic mass is 10.0. The van der Waals surface area contributed by atoms with Gasteiger partial charge in [-0.3, -0.25) is 9.11 Å². The van der Waals surface area contributed by atoms with Crippen molar-refractivity contribution < 1.29 is 25.9 Å². The summed E-state index contributed by atoms with van der Waals surface area (Å²) in [6, 6.07) is 10.1. The van der Waals surface area contributed by atoms with Gasteiger partial charge in [0, 0.05) is 11.7 Å². The fourth-order valence-corrected chi connectivity index (χ4v) is 4.52. The summed E-state index contributed by atoms with van der Waals surface area (Å²) in [4.78, 5) is -0.655. The van der Waals surface area contributed by atoms with Crippen molar-refractivity contribution in [3.05, 3.63) is 42.5 Å². The van der Waals surface area contributed by atoms with Gasteiger partial charge in [0.05, 0.1) is 11.4 Å². The van der Waals surface area contributed by atoms with E-state index in [0.717, 1.165) is 32.1 Å². The highest BCUT2D eigenvalue weighted by Gasteiger charge is 2.20. The maximum Gasteiger partial charge on any atom is 0.296 e. The molecule has 0 heterocycles. The number of para-hydroxylation sites is 1. The van der Waals surface area contributed by atoms with E-state index >= 15 is 0 Å². The van der Waals surface area contributed by atoms with Crippen molar-refractivity contribution in [3.8, 4) is 0 Å². The lowest BCUT2D eigenvalue weighted by Gasteiger charge is -2.21. The Morgan fingerprint density at radius 1 is 0.833 bits per heavy atom. The highest BCUT2D eigenvalue weighted by atomic mass is 32.2. The van der Waals surface area contributed by atoms with Crippen molar-refractivity contribution >= 4 is 37.3 Å². The van der Waals surface area contributed by atoms with Crippen LogP contribution in [0.2, 0.25) is 0 Å². The Bertz CT molecular complexity index is 1070. The number of rotatable bonds is 11. The molecule has 0 radical (unpaired) electrons. The average molecular weight is 457 g/mol. The van der Waals surface area contributed by atoms with E-state index in [0.29, 0.717) is 0 Å². The van der Waals surface area contributed by atoms with Gasteiger partial charge in [0.2, 0.25) is 0 Å². The molecule has 0 aliphatic carbocycles. The molecule has 0 fully saturated rings. The summed E-state index contributed by atoms with van der Waals surface area (Å²) in [6.45, 7) is 4.13. The fraction of sp³-hybridized carbons (Fsp3) is 0.400. The minimum Gasteiger partial charge on any atom is -0.381 e. The molecule has 0 aliphatic rings. The van der Waals surface area contributed by atoms with Crippen molar-refractivity contribution in [2.45, 2.75) is 61.8 Å². The predicted molar refractivity (Wildman–Crippen MR) is 118 cm³/mol. The lowest BCUT2D eigenvalue weighted by molar-refractivity contribution is 0.481. The number of hydrogen-bond acceptors (Lipinski definition) is 6. The molecule has 0 aromatic heterocycles. The van der Waals surface area contributed by atoms with Crippen LogP contribution in [0.5, 0.6) is 0 Å². The van der Waals surface area contributed by atoms with Crippen molar-refractivity contribution in [2.24, 2.45) is 0 Å². The highest BCUT2D eigenvalue weighted by Crippen LogP contribution is 2.30. The van der Waals surface area contributed by atoms with E-state index < -0.39 is 20.2 Å². The summed E-state index contributed by atoms with van der Waals surface area (Å²) >= 11 is 0. The molecule has 0 bridgehead atoms. The molecule has 0 spiro atoms. The van der Waals surface area contributed by atoms with Crippen LogP contribution in [-0.2, 0) is 20.2 Å². The summed E-state index contributed by atoms with van der Waals surface area (Å²) in [5.41, 5.74) is 0.597. The lowest BCUT2D eigenvalue weighted by Crippen LogP contribution is -2.21. The molecule has 1 unspecified atom stereocenters. The molecule has 1 atom stereocenters. The van der Waals surface area contributed by atoms with E-state index in [4.69, 9.17) is 0 Å². The van der Waals surface area contributed by atoms with Gasteiger partial charge in [0.1, 0.15) is 9.79 Å². The van der Waals surface area contributed by atoms with Crippen LogP contribution in [-0.4, -0.2) is 32.0 Å². The molecular weight excluding hydrogens is 428 g/mol. The normalized spacial score (nSPS) is 13.1. The smallest absolute Gasteiger partial charge is 0.296 e. The predicted octanol–water partition coefficient (Wildman–Crippen LogP) is 4.69. The largest absolute Gasteiger partial charge is 0.381 e. The third-order valence-electron chi connectivity index (χ3n) is 4.61. The van der Waals surface area contributed by atoms with E-state index in [2.05, 4.69) is 17.6 Å². The monoisotopic (exact) mass is 456 g/mol. The molecule has 166 valence electrons. The third-order valence-corrected chi connectivity index (χ3v) is 6.41. The number of unbranched alkanes of at least 4 members (excludes halogenated alkanes) is 1. The quantitative estimate of drug-likeness (QED) is 0.358. The minimum absolute atomic E-state index is 0.0644. The van der Waals surface area contributed by atoms with Crippen molar-refractivity contribution in [3.63, 3.8) is 0 Å². The zero-order chi connectivity index (χ0) is 22.4. The Hall–Kier alpha value is -2.14. The van der Waals surface area contributed by atoms with Gasteiger partial charge >= 0.3 is 0 Å². The molecule has 30 heavy (non-hydrogen) atoms. The molecule has 0 saturated heterocycles. The first kappa shape index (κ1) is 24.1. The van der Waals surface area contributed by atoms with Crippen LogP contribution in [0.3, 0.4) is 0 Å². The zero-order valence-corrected chi connectivity index (χ0v) is 18.6. The summed E-state index contributed by atoms with van der Waals surface area (Å²) < 4.78 is 66.2. The third kappa shape index (κ3) is 6.69. The van der Waals surface area contributed by atoms with Gasteiger partial charge in [-0.1, -0.05) is 45.2 Å². The first-order valence-corrected chi connectivity index (χ1v) is 12.7. The Kier molecular flexibility index (Phi) is 8.25. The second-order valence-electron chi connectivity index (χ2n) is 7.05. The van der Waals surface area contributed by atoms with Crippen molar-refractivity contribution in [1.29, 1.82) is 0 Å². The van der Waals surface area contributed by atoms with Crippen molar-refractivity contribution in [2.75, 3.05) is 10.6 Å². The van der Waals surface area contributed by atoms with Crippen molar-refractivity contribution in [1.82, 2.24) is 0 Å². The van der Waals surface area contributed by atoms with Gasteiger partial charge in [0.25, 0.3) is 20.2 Å². The fourth-order valence-electron chi connectivity index (χ4n) is 3.19. The van der Waals surface area contributed by atoms with E-state index in [1.807, 2.05) is 6.92 Å². The maximum atomic E-state index is 12.0. The molecule has 0 saturated carbocycles. The first-order valence-electron chi connectivity index (χ1n) is 9.77. The Morgan fingerprint density at radius 2 is 1.50 bits per heavy atom. The molecule has 2 rings (SSSR count). The average Bonchev–Trinajstić information content (AvgIpc) is 2.66. The number of hydrogen-bond donors (Lipinski definition) is 4. The molecule has 10 heteroatoms. The molecular formula is C20H28N2O6S2. The van der Waals surface area contributed by atoms with Gasteiger partial charge in [0.15, 0.2) is 0 Å². The van der Waals surface area contributed by atoms with Gasteiger partial charge < -0.3 is 10.6 Å². The Balaban J connectivity index is 2.40. The standard InChI is InChI=1S/C20H28N2O6S2/c1-3-5-9-15(8-4-2)21-18-13-12-16(14-20(18)30(26,27)28)22-17-10-6-7-11-19(17)29(23,24)25/h6-7,10-15,21-22H,3-5,8-9H2,1-2H3,(H,23,24,25)(H,26,27,28). The maximum absolute atomic E-state index is 12.0. The molecule has 0 amide bonds. The molecule has 4 N–H and O–H groups in total. The topological polar surface area (TPSA) is 133 Å². The van der Waals surface area contributed by atoms with E-state index in [1.165, 1.54) is 30.3 Å². The molecule has 2 aromatic carbocycles. The molecule has 0 aliphatic heterocycles. The van der Waals surface area contributed by atoms with Gasteiger partial charge in [-0.05, 0) is 43.2 Å². The van der Waals surface area contributed by atoms with Crippen LogP contribution in [0.1, 0.15) is 46.0 Å². The van der Waals surface area contributed by atoms with Crippen LogP contribution in [0.4, 0.5) is 17.1 Å². The molecule has 2 aromatic rings. The summed E-state index contributed by atoms with van der Waals surface area (Å²) in [6.07, 6.45) is 4.66. The minimum atomic E-state index is -4.54. The molecule has 8 nitrogen and oxygen atoms in total. The zero-order valence-electron chi connectivity index (χ0n) is 17.0. The van der Waals surface area contributed by atoms with Gasteiger partial charge in [-0.2, -0.15) is 16.8 Å². The number of nitrogens with one attached hydrogen (secondary N) is 2. The first-order chi connectivity index (χ1) is 14.1. The van der Waals surface area contributed by atoms with Crippen LogP contribution in [0.25, 0.3) is 0 Å². The van der Waals surface area contributed by atoms with E-state index in [1.54, 1.807) is 12.1 Å². The van der Waals surface area contributed by atoms with E-state index in [-0.39, 0.29) is 32.9 Å². The summed E-state index contributed by atoms with van der Waals surface area (Å²) in [5.74, 6) is 0. The van der Waals surface area contributed by atoms with Crippen LogP contribution < -0.4 is 10.6 Å². The van der Waals surface area contributed by atoms with E-state index in [9.17, 15) is 25.9 Å². The van der Waals surface area contributed by atoms with Gasteiger partial charge in [-0.15, -0.1) is 0 Å². The van der Waals surface area contributed by atoms with Crippen LogP contribution >= 0.6 is 0 Å². The van der Waals surface area contributed by atoms with Gasteiger partial charge in [-0.25, -0.2) is 0 Å².